The van der Waals surface area contributed by atoms with E-state index in [0.717, 1.165) is 52.9 Å². The van der Waals surface area contributed by atoms with E-state index in [1.165, 1.54) is 7.11 Å². The molecule has 4 aromatic rings. The van der Waals surface area contributed by atoms with Crippen molar-refractivity contribution in [3.05, 3.63) is 82.0 Å². The van der Waals surface area contributed by atoms with Crippen LogP contribution in [0.15, 0.2) is 48.5 Å². The highest BCUT2D eigenvalue weighted by molar-refractivity contribution is 6.30. The lowest BCUT2D eigenvalue weighted by Crippen LogP contribution is -2.16. The van der Waals surface area contributed by atoms with E-state index in [-0.39, 0.29) is 12.6 Å². The number of fused-ring (bicyclic) bond motifs is 1. The third-order valence-corrected chi connectivity index (χ3v) is 6.51. The molecule has 2 heterocycles. The minimum Gasteiger partial charge on any atom is -0.465 e. The zero-order valence-electron chi connectivity index (χ0n) is 21.0. The number of hydrogen-bond acceptors (Lipinski definition) is 5. The predicted molar refractivity (Wildman–Crippen MR) is 140 cm³/mol. The van der Waals surface area contributed by atoms with E-state index in [0.29, 0.717) is 23.0 Å². The molecule has 188 valence electrons. The molecule has 8 heteroatoms. The summed E-state index contributed by atoms with van der Waals surface area (Å²) in [6.07, 6.45) is 2.70. The van der Waals surface area contributed by atoms with Crippen LogP contribution in [-0.2, 0) is 22.4 Å². The second-order valence-electron chi connectivity index (χ2n) is 8.59. The van der Waals surface area contributed by atoms with Crippen molar-refractivity contribution in [2.24, 2.45) is 0 Å². The van der Waals surface area contributed by atoms with Crippen LogP contribution >= 0.6 is 11.6 Å². The smallest absolute Gasteiger partial charge is 0.354 e. The Morgan fingerprint density at radius 2 is 1.83 bits per heavy atom. The summed E-state index contributed by atoms with van der Waals surface area (Å²) in [7, 11) is 1.37. The Kier molecular flexibility index (Phi) is 7.79. The number of hydrogen-bond donors (Lipinski definition) is 0. The first kappa shape index (κ1) is 25.5. The SMILES string of the molecule is CCCCc1nc(Cl)c(Cn2c(C(=O)OCC)cc3ccccc32)n1-c1ccc(C(=O)OC)cc1C. The van der Waals surface area contributed by atoms with Crippen LogP contribution in [0.5, 0.6) is 0 Å². The molecule has 36 heavy (non-hydrogen) atoms. The fourth-order valence-corrected chi connectivity index (χ4v) is 4.70. The molecule has 0 amide bonds. The highest BCUT2D eigenvalue weighted by Gasteiger charge is 2.23. The Morgan fingerprint density at radius 1 is 1.06 bits per heavy atom. The van der Waals surface area contributed by atoms with E-state index in [1.807, 2.05) is 47.9 Å². The lowest BCUT2D eigenvalue weighted by atomic mass is 10.1. The van der Waals surface area contributed by atoms with Crippen molar-refractivity contribution < 1.29 is 19.1 Å². The number of esters is 2. The number of methoxy groups -OCH3 is 1. The fourth-order valence-electron chi connectivity index (χ4n) is 4.45. The first-order valence-corrected chi connectivity index (χ1v) is 12.5. The van der Waals surface area contributed by atoms with E-state index in [1.54, 1.807) is 19.1 Å². The summed E-state index contributed by atoms with van der Waals surface area (Å²) in [5, 5.41) is 1.32. The number of benzene rings is 2. The second-order valence-corrected chi connectivity index (χ2v) is 8.95. The molecule has 0 bridgehead atoms. The van der Waals surface area contributed by atoms with Gasteiger partial charge in [-0.1, -0.05) is 43.1 Å². The number of para-hydroxylation sites is 1. The van der Waals surface area contributed by atoms with Crippen LogP contribution in [-0.4, -0.2) is 39.8 Å². The van der Waals surface area contributed by atoms with Gasteiger partial charge in [-0.05, 0) is 56.2 Å². The van der Waals surface area contributed by atoms with Gasteiger partial charge in [0.05, 0.1) is 37.2 Å². The number of imidazole rings is 1. The van der Waals surface area contributed by atoms with Crippen molar-refractivity contribution in [2.45, 2.75) is 46.6 Å². The molecule has 0 spiro atoms. The third-order valence-electron chi connectivity index (χ3n) is 6.21. The van der Waals surface area contributed by atoms with Crippen molar-refractivity contribution in [3.8, 4) is 5.69 Å². The molecule has 0 fully saturated rings. The number of rotatable bonds is 9. The Balaban J connectivity index is 1.89. The topological polar surface area (TPSA) is 75.4 Å². The maximum atomic E-state index is 12.9. The number of unbranched alkanes of at least 4 members (excludes halogenated alkanes) is 1. The van der Waals surface area contributed by atoms with Crippen molar-refractivity contribution in [1.29, 1.82) is 0 Å². The molecule has 0 aliphatic heterocycles. The van der Waals surface area contributed by atoms with Crippen molar-refractivity contribution in [2.75, 3.05) is 13.7 Å². The number of carbonyl (C=O) groups excluding carboxylic acids is 2. The largest absolute Gasteiger partial charge is 0.465 e. The van der Waals surface area contributed by atoms with E-state index >= 15 is 0 Å². The molecule has 0 N–H and O–H groups in total. The zero-order valence-corrected chi connectivity index (χ0v) is 21.8. The molecule has 2 aromatic carbocycles. The monoisotopic (exact) mass is 507 g/mol. The van der Waals surface area contributed by atoms with Gasteiger partial charge in [0.25, 0.3) is 0 Å². The summed E-state index contributed by atoms with van der Waals surface area (Å²) in [6.45, 7) is 6.46. The van der Waals surface area contributed by atoms with E-state index in [9.17, 15) is 9.59 Å². The second kappa shape index (κ2) is 11.0. The average Bonchev–Trinajstić information content (AvgIpc) is 3.40. The Morgan fingerprint density at radius 3 is 2.53 bits per heavy atom. The van der Waals surface area contributed by atoms with Crippen molar-refractivity contribution in [3.63, 3.8) is 0 Å². The highest BCUT2D eigenvalue weighted by Crippen LogP contribution is 2.30. The van der Waals surface area contributed by atoms with Gasteiger partial charge in [-0.2, -0.15) is 0 Å². The first-order valence-electron chi connectivity index (χ1n) is 12.1. The molecular weight excluding hydrogens is 478 g/mol. The van der Waals surface area contributed by atoms with Crippen LogP contribution in [0.4, 0.5) is 0 Å². The van der Waals surface area contributed by atoms with Crippen molar-refractivity contribution in [1.82, 2.24) is 14.1 Å². The molecule has 2 aromatic heterocycles. The standard InChI is InChI=1S/C28H30ClN3O4/c1-5-7-12-25-30-26(29)24(32(25)21-14-13-20(15-18(21)3)27(33)35-4)17-31-22-11-9-8-10-19(22)16-23(31)28(34)36-6-2/h8-11,13-16H,5-7,12,17H2,1-4H3. The van der Waals surface area contributed by atoms with Crippen LogP contribution < -0.4 is 0 Å². The zero-order chi connectivity index (χ0) is 25.8. The summed E-state index contributed by atoms with van der Waals surface area (Å²) >= 11 is 6.76. The van der Waals surface area contributed by atoms with Gasteiger partial charge in [-0.25, -0.2) is 14.6 Å². The van der Waals surface area contributed by atoms with Gasteiger partial charge in [0.15, 0.2) is 5.15 Å². The number of aryl methyl sites for hydroxylation is 2. The average molecular weight is 508 g/mol. The molecule has 0 atom stereocenters. The van der Waals surface area contributed by atoms with E-state index < -0.39 is 5.97 Å². The van der Waals surface area contributed by atoms with Gasteiger partial charge in [0, 0.05) is 17.3 Å². The summed E-state index contributed by atoms with van der Waals surface area (Å²) in [6, 6.07) is 15.1. The van der Waals surface area contributed by atoms with Crippen LogP contribution in [0.2, 0.25) is 5.15 Å². The van der Waals surface area contributed by atoms with Crippen LogP contribution in [0.3, 0.4) is 0 Å². The van der Waals surface area contributed by atoms with Gasteiger partial charge >= 0.3 is 11.9 Å². The van der Waals surface area contributed by atoms with E-state index in [2.05, 4.69) is 11.5 Å². The third kappa shape index (κ3) is 4.88. The number of halogens is 1. The molecule has 4 rings (SSSR count). The Labute approximate surface area is 215 Å². The number of ether oxygens (including phenoxy) is 2. The molecule has 0 aliphatic carbocycles. The Bertz CT molecular complexity index is 1420. The summed E-state index contributed by atoms with van der Waals surface area (Å²) < 4.78 is 14.2. The minimum atomic E-state index is -0.391. The normalized spacial score (nSPS) is 11.1. The first-order chi connectivity index (χ1) is 17.4. The summed E-state index contributed by atoms with van der Waals surface area (Å²) in [5.41, 5.74) is 4.34. The fraction of sp³-hybridized carbons (Fsp3) is 0.321. The summed E-state index contributed by atoms with van der Waals surface area (Å²) in [4.78, 5) is 29.6. The molecular formula is C28H30ClN3O4. The van der Waals surface area contributed by atoms with Crippen LogP contribution in [0.1, 0.15) is 64.6 Å². The predicted octanol–water partition coefficient (Wildman–Crippen LogP) is 6.14. The lowest BCUT2D eigenvalue weighted by molar-refractivity contribution is 0.0514. The van der Waals surface area contributed by atoms with Gasteiger partial charge in [-0.15, -0.1) is 0 Å². The maximum absolute atomic E-state index is 12.9. The lowest BCUT2D eigenvalue weighted by Gasteiger charge is -2.17. The molecule has 7 nitrogen and oxygen atoms in total. The maximum Gasteiger partial charge on any atom is 0.354 e. The molecule has 0 unspecified atom stereocenters. The van der Waals surface area contributed by atoms with E-state index in [4.69, 9.17) is 26.1 Å². The van der Waals surface area contributed by atoms with Crippen LogP contribution in [0.25, 0.3) is 16.6 Å². The highest BCUT2D eigenvalue weighted by atomic mass is 35.5. The number of aromatic nitrogens is 3. The van der Waals surface area contributed by atoms with Crippen LogP contribution in [0, 0.1) is 6.92 Å². The minimum absolute atomic E-state index is 0.284. The van der Waals surface area contributed by atoms with Gasteiger partial charge in [-0.3, -0.25) is 4.57 Å². The van der Waals surface area contributed by atoms with Gasteiger partial charge in [0.1, 0.15) is 11.5 Å². The van der Waals surface area contributed by atoms with Gasteiger partial charge < -0.3 is 14.0 Å². The molecule has 0 saturated heterocycles. The Hall–Kier alpha value is -3.58. The molecule has 0 aliphatic rings. The van der Waals surface area contributed by atoms with Crippen molar-refractivity contribution >= 4 is 34.4 Å². The quantitative estimate of drug-likeness (QED) is 0.254. The number of nitrogens with zero attached hydrogens (tertiary/aromatic N) is 3. The number of carbonyl (C=O) groups is 2. The van der Waals surface area contributed by atoms with Gasteiger partial charge in [0.2, 0.25) is 0 Å². The summed E-state index contributed by atoms with van der Waals surface area (Å²) in [5.74, 6) is 0.0539. The molecule has 0 radical (unpaired) electrons. The molecule has 0 saturated carbocycles.